The maximum atomic E-state index is 13.0. The lowest BCUT2D eigenvalue weighted by Crippen LogP contribution is -2.23. The number of nitrogens with zero attached hydrogens (tertiary/aromatic N) is 6. The van der Waals surface area contributed by atoms with Crippen LogP contribution in [-0.4, -0.2) is 41.2 Å². The molecule has 2 heterocycles. The highest BCUT2D eigenvalue weighted by atomic mass is 32.2. The number of para-hydroxylation sites is 1. The number of anilines is 1. The van der Waals surface area contributed by atoms with Crippen molar-refractivity contribution < 1.29 is 4.79 Å². The minimum Gasteiger partial charge on any atom is -0.320 e. The fourth-order valence-electron chi connectivity index (χ4n) is 3.53. The van der Waals surface area contributed by atoms with Gasteiger partial charge in [-0.25, -0.2) is 4.68 Å². The van der Waals surface area contributed by atoms with Crippen LogP contribution in [0.4, 0.5) is 5.69 Å². The average molecular weight is 464 g/mol. The van der Waals surface area contributed by atoms with E-state index in [9.17, 15) is 9.59 Å². The summed E-state index contributed by atoms with van der Waals surface area (Å²) >= 11 is 1.39. The van der Waals surface area contributed by atoms with Crippen molar-refractivity contribution in [2.75, 3.05) is 11.1 Å². The number of rotatable bonds is 7. The van der Waals surface area contributed by atoms with Gasteiger partial charge in [0.05, 0.1) is 17.1 Å². The molecular formula is C23H25N7O2S. The molecule has 33 heavy (non-hydrogen) atoms. The molecule has 0 aliphatic heterocycles. The lowest BCUT2D eigenvalue weighted by molar-refractivity contribution is -0.115. The van der Waals surface area contributed by atoms with Gasteiger partial charge in [-0.15, -0.1) is 5.10 Å². The van der Waals surface area contributed by atoms with Crippen molar-refractivity contribution in [1.82, 2.24) is 29.6 Å². The third-order valence-corrected chi connectivity index (χ3v) is 6.55. The molecule has 0 saturated carbocycles. The molecule has 1 N–H and O–H groups in total. The van der Waals surface area contributed by atoms with Gasteiger partial charge < -0.3 is 5.32 Å². The number of nitrogens with one attached hydrogen (secondary N) is 1. The summed E-state index contributed by atoms with van der Waals surface area (Å²) in [6.07, 6.45) is 0.212. The molecule has 10 heteroatoms. The Balaban J connectivity index is 1.44. The maximum Gasteiger partial charge on any atom is 0.295 e. The van der Waals surface area contributed by atoms with E-state index < -0.39 is 0 Å². The van der Waals surface area contributed by atoms with Crippen LogP contribution in [0.25, 0.3) is 11.4 Å². The van der Waals surface area contributed by atoms with E-state index in [-0.39, 0.29) is 23.6 Å². The van der Waals surface area contributed by atoms with Crippen LogP contribution in [0.5, 0.6) is 0 Å². The van der Waals surface area contributed by atoms with Gasteiger partial charge in [0.1, 0.15) is 5.69 Å². The monoisotopic (exact) mass is 463 g/mol. The standard InChI is InChI=1S/C23H25N7O2S/c1-15-9-8-12-19(16(15)2)29-23(25-26-27-29)33-14-13-20(31)24-21-17(3)28(4)30(22(21)32)18-10-6-5-7-11-18/h5-12H,13-14H2,1-4H3,(H,24,31). The molecule has 0 aliphatic carbocycles. The van der Waals surface area contributed by atoms with Crippen molar-refractivity contribution in [2.24, 2.45) is 7.05 Å². The molecule has 0 saturated heterocycles. The number of hydrogen-bond acceptors (Lipinski definition) is 6. The average Bonchev–Trinajstić information content (AvgIpc) is 3.35. The topological polar surface area (TPSA) is 99.6 Å². The molecule has 0 atom stereocenters. The number of benzene rings is 2. The van der Waals surface area contributed by atoms with Crippen LogP contribution in [-0.2, 0) is 11.8 Å². The van der Waals surface area contributed by atoms with Crippen molar-refractivity contribution in [3.8, 4) is 11.4 Å². The van der Waals surface area contributed by atoms with Crippen LogP contribution >= 0.6 is 11.8 Å². The number of aryl methyl sites for hydroxylation is 1. The van der Waals surface area contributed by atoms with E-state index in [4.69, 9.17) is 0 Å². The zero-order valence-electron chi connectivity index (χ0n) is 18.9. The number of aromatic nitrogens is 6. The summed E-state index contributed by atoms with van der Waals surface area (Å²) in [7, 11) is 1.79. The molecule has 0 radical (unpaired) electrons. The summed E-state index contributed by atoms with van der Waals surface area (Å²) in [4.78, 5) is 25.6. The molecule has 0 bridgehead atoms. The number of tetrazole rings is 1. The van der Waals surface area contributed by atoms with Crippen molar-refractivity contribution in [3.05, 3.63) is 75.7 Å². The molecule has 4 rings (SSSR count). The highest BCUT2D eigenvalue weighted by Gasteiger charge is 2.18. The van der Waals surface area contributed by atoms with Crippen LogP contribution in [0.2, 0.25) is 0 Å². The largest absolute Gasteiger partial charge is 0.320 e. The Hall–Kier alpha value is -3.66. The van der Waals surface area contributed by atoms with E-state index in [1.807, 2.05) is 69.3 Å². The van der Waals surface area contributed by atoms with Gasteiger partial charge in [0, 0.05) is 19.2 Å². The van der Waals surface area contributed by atoms with Gasteiger partial charge in [-0.2, -0.15) is 4.68 Å². The molecule has 1 amide bonds. The second-order valence-corrected chi connectivity index (χ2v) is 8.74. The predicted molar refractivity (Wildman–Crippen MR) is 128 cm³/mol. The van der Waals surface area contributed by atoms with Crippen LogP contribution in [0.3, 0.4) is 0 Å². The Bertz CT molecular complexity index is 1360. The van der Waals surface area contributed by atoms with Crippen LogP contribution in [0.15, 0.2) is 58.5 Å². The first-order valence-electron chi connectivity index (χ1n) is 10.5. The first-order chi connectivity index (χ1) is 15.9. The van der Waals surface area contributed by atoms with Gasteiger partial charge in [-0.1, -0.05) is 42.1 Å². The van der Waals surface area contributed by atoms with E-state index >= 15 is 0 Å². The van der Waals surface area contributed by atoms with Crippen molar-refractivity contribution >= 4 is 23.4 Å². The number of hydrogen-bond donors (Lipinski definition) is 1. The van der Waals surface area contributed by atoms with Crippen molar-refractivity contribution in [2.45, 2.75) is 32.3 Å². The summed E-state index contributed by atoms with van der Waals surface area (Å²) < 4.78 is 4.96. The molecule has 4 aromatic rings. The van der Waals surface area contributed by atoms with Gasteiger partial charge in [-0.05, 0) is 60.5 Å². The van der Waals surface area contributed by atoms with Crippen molar-refractivity contribution in [1.29, 1.82) is 0 Å². The summed E-state index contributed by atoms with van der Waals surface area (Å²) in [6.45, 7) is 5.87. The second kappa shape index (κ2) is 9.45. The molecule has 0 aliphatic rings. The van der Waals surface area contributed by atoms with Gasteiger partial charge in [0.15, 0.2) is 0 Å². The van der Waals surface area contributed by atoms with Gasteiger partial charge >= 0.3 is 0 Å². The summed E-state index contributed by atoms with van der Waals surface area (Å²) in [6, 6.07) is 15.3. The molecule has 9 nitrogen and oxygen atoms in total. The molecule has 0 spiro atoms. The summed E-state index contributed by atoms with van der Waals surface area (Å²) in [5.41, 5.74) is 4.61. The maximum absolute atomic E-state index is 13.0. The lowest BCUT2D eigenvalue weighted by atomic mass is 10.1. The van der Waals surface area contributed by atoms with Crippen molar-refractivity contribution in [3.63, 3.8) is 0 Å². The molecule has 2 aromatic heterocycles. The smallest absolute Gasteiger partial charge is 0.295 e. The first kappa shape index (κ1) is 22.5. The molecule has 0 unspecified atom stereocenters. The van der Waals surface area contributed by atoms with Crippen LogP contribution in [0.1, 0.15) is 23.2 Å². The summed E-state index contributed by atoms with van der Waals surface area (Å²) in [5.74, 6) is 0.231. The number of carbonyl (C=O) groups excluding carboxylic acids is 1. The fraction of sp³-hybridized carbons (Fsp3) is 0.261. The van der Waals surface area contributed by atoms with Gasteiger partial charge in [0.2, 0.25) is 11.1 Å². The van der Waals surface area contributed by atoms with Crippen LogP contribution < -0.4 is 10.9 Å². The predicted octanol–water partition coefficient (Wildman–Crippen LogP) is 3.20. The minimum absolute atomic E-state index is 0.212. The Morgan fingerprint density at radius 2 is 1.82 bits per heavy atom. The normalized spacial score (nSPS) is 11.0. The Morgan fingerprint density at radius 1 is 1.06 bits per heavy atom. The third-order valence-electron chi connectivity index (χ3n) is 5.62. The highest BCUT2D eigenvalue weighted by molar-refractivity contribution is 7.99. The number of carbonyl (C=O) groups is 1. The zero-order valence-corrected chi connectivity index (χ0v) is 19.8. The summed E-state index contributed by atoms with van der Waals surface area (Å²) in [5, 5.41) is 15.4. The van der Waals surface area contributed by atoms with E-state index in [1.54, 1.807) is 16.4 Å². The Labute approximate surface area is 195 Å². The minimum atomic E-state index is -0.263. The highest BCUT2D eigenvalue weighted by Crippen LogP contribution is 2.23. The van der Waals surface area contributed by atoms with E-state index in [0.29, 0.717) is 16.6 Å². The quantitative estimate of drug-likeness (QED) is 0.423. The molecule has 2 aromatic carbocycles. The first-order valence-corrected chi connectivity index (χ1v) is 11.5. The second-order valence-electron chi connectivity index (χ2n) is 7.68. The fourth-order valence-corrected chi connectivity index (χ4v) is 4.36. The molecule has 170 valence electrons. The van der Waals surface area contributed by atoms with E-state index in [2.05, 4.69) is 20.8 Å². The van der Waals surface area contributed by atoms with Crippen LogP contribution in [0, 0.1) is 20.8 Å². The van der Waals surface area contributed by atoms with Gasteiger partial charge in [0.25, 0.3) is 5.56 Å². The Morgan fingerprint density at radius 3 is 2.58 bits per heavy atom. The number of thioether (sulfide) groups is 1. The van der Waals surface area contributed by atoms with E-state index in [0.717, 1.165) is 22.5 Å². The third kappa shape index (κ3) is 4.47. The van der Waals surface area contributed by atoms with E-state index in [1.165, 1.54) is 16.4 Å². The lowest BCUT2D eigenvalue weighted by Gasteiger charge is -2.09. The SMILES string of the molecule is Cc1cccc(-n2nnnc2SCCC(=O)Nc2c(C)n(C)n(-c3ccccc3)c2=O)c1C. The zero-order chi connectivity index (χ0) is 23.5. The molecule has 0 fully saturated rings. The molecular weight excluding hydrogens is 438 g/mol. The number of amides is 1. The van der Waals surface area contributed by atoms with Gasteiger partial charge in [-0.3, -0.25) is 14.3 Å². The Kier molecular flexibility index (Phi) is 6.45.